The summed E-state index contributed by atoms with van der Waals surface area (Å²) in [6.07, 6.45) is 0. The van der Waals surface area contributed by atoms with Gasteiger partial charge in [0.2, 0.25) is 0 Å². The minimum Gasteiger partial charge on any atom is -0.320 e. The summed E-state index contributed by atoms with van der Waals surface area (Å²) in [7, 11) is 0. The number of hydrogen-bond donors (Lipinski definition) is 2. The molecule has 3 nitrogen and oxygen atoms in total. The molecule has 1 fully saturated rings. The Hall–Kier alpha value is -0.740. The van der Waals surface area contributed by atoms with Gasteiger partial charge in [-0.1, -0.05) is 34.8 Å². The number of nitrogens with one attached hydrogen (secondary N) is 2. The molecular weight excluding hydrogens is 295 g/mol. The summed E-state index contributed by atoms with van der Waals surface area (Å²) in [5.41, 5.74) is 2.17. The van der Waals surface area contributed by atoms with E-state index in [0.29, 0.717) is 26.3 Å². The first-order valence-corrected chi connectivity index (χ1v) is 6.47. The lowest BCUT2D eigenvalue weighted by atomic mass is 10.0. The third-order valence-electron chi connectivity index (χ3n) is 2.79. The second-order valence-electron chi connectivity index (χ2n) is 4.03. The van der Waals surface area contributed by atoms with Gasteiger partial charge in [-0.05, 0) is 24.6 Å². The molecule has 0 spiro atoms. The zero-order valence-corrected chi connectivity index (χ0v) is 11.9. The zero-order valence-electron chi connectivity index (χ0n) is 9.61. The molecule has 6 heteroatoms. The van der Waals surface area contributed by atoms with Gasteiger partial charge in [-0.3, -0.25) is 4.79 Å². The molecule has 1 aliphatic rings. The maximum Gasteiger partial charge on any atom is 0.251 e. The second-order valence-corrected chi connectivity index (χ2v) is 5.28. The van der Waals surface area contributed by atoms with Gasteiger partial charge in [0.05, 0.1) is 15.7 Å². The van der Waals surface area contributed by atoms with E-state index in [1.54, 1.807) is 6.92 Å². The molecule has 1 heterocycles. The summed E-state index contributed by atoms with van der Waals surface area (Å²) >= 11 is 17.8. The number of rotatable bonds is 2. The van der Waals surface area contributed by atoms with Crippen LogP contribution < -0.4 is 10.6 Å². The third-order valence-corrected chi connectivity index (χ3v) is 3.61. The summed E-state index contributed by atoms with van der Waals surface area (Å²) in [6, 6.07) is 3.08. The predicted molar refractivity (Wildman–Crippen MR) is 75.7 cm³/mol. The van der Waals surface area contributed by atoms with E-state index in [1.807, 2.05) is 0 Å². The van der Waals surface area contributed by atoms with Crippen LogP contribution in [0.25, 0.3) is 0 Å². The number of halogens is 3. The van der Waals surface area contributed by atoms with Gasteiger partial charge >= 0.3 is 0 Å². The van der Waals surface area contributed by atoms with Crippen LogP contribution in [-0.4, -0.2) is 19.0 Å². The van der Waals surface area contributed by atoms with E-state index < -0.39 is 0 Å². The van der Waals surface area contributed by atoms with Crippen molar-refractivity contribution < 1.29 is 4.79 Å². The van der Waals surface area contributed by atoms with Gasteiger partial charge in [-0.15, -0.1) is 0 Å². The molecule has 1 amide bonds. The van der Waals surface area contributed by atoms with Crippen molar-refractivity contribution in [3.63, 3.8) is 0 Å². The Kier molecular flexibility index (Phi) is 4.17. The molecule has 0 aliphatic carbocycles. The van der Waals surface area contributed by atoms with Crippen molar-refractivity contribution in [1.82, 2.24) is 5.32 Å². The lowest BCUT2D eigenvalue weighted by molar-refractivity contribution is -0.112. The predicted octanol–water partition coefficient (Wildman–Crippen LogP) is 3.51. The molecule has 0 bridgehead atoms. The highest BCUT2D eigenvalue weighted by molar-refractivity contribution is 6.42. The van der Waals surface area contributed by atoms with Gasteiger partial charge in [-0.2, -0.15) is 0 Å². The number of carbonyl (C=O) groups is 1. The van der Waals surface area contributed by atoms with Crippen molar-refractivity contribution in [1.29, 1.82) is 0 Å². The Bertz CT molecular complexity index is 511. The fraction of sp³-hybridized carbons (Fsp3) is 0.250. The van der Waals surface area contributed by atoms with Gasteiger partial charge in [0.25, 0.3) is 5.91 Å². The Labute approximate surface area is 120 Å². The minimum atomic E-state index is -0.197. The van der Waals surface area contributed by atoms with Crippen LogP contribution in [0.4, 0.5) is 5.69 Å². The smallest absolute Gasteiger partial charge is 0.251 e. The molecule has 2 N–H and O–H groups in total. The van der Waals surface area contributed by atoms with Gasteiger partial charge in [-0.25, -0.2) is 0 Å². The van der Waals surface area contributed by atoms with Crippen LogP contribution in [-0.2, 0) is 4.79 Å². The molecule has 2 rings (SSSR count). The van der Waals surface area contributed by atoms with Crippen molar-refractivity contribution in [3.05, 3.63) is 38.3 Å². The molecular formula is C12H11Cl3N2O. The van der Waals surface area contributed by atoms with Crippen molar-refractivity contribution in [3.8, 4) is 0 Å². The zero-order chi connectivity index (χ0) is 13.3. The summed E-state index contributed by atoms with van der Waals surface area (Å²) in [4.78, 5) is 12.0. The lowest BCUT2D eigenvalue weighted by Gasteiger charge is -2.21. The normalized spacial score (nSPS) is 14.1. The van der Waals surface area contributed by atoms with E-state index in [4.69, 9.17) is 34.8 Å². The minimum absolute atomic E-state index is 0.197. The Morgan fingerprint density at radius 2 is 1.78 bits per heavy atom. The van der Waals surface area contributed by atoms with Crippen molar-refractivity contribution in [2.75, 3.05) is 18.4 Å². The van der Waals surface area contributed by atoms with Gasteiger partial charge in [0, 0.05) is 23.7 Å². The Morgan fingerprint density at radius 3 is 2.22 bits per heavy atom. The summed E-state index contributed by atoms with van der Waals surface area (Å²) in [5, 5.41) is 6.87. The van der Waals surface area contributed by atoms with Crippen molar-refractivity contribution in [2.24, 2.45) is 0 Å². The molecule has 0 saturated carbocycles. The Balaban J connectivity index is 2.22. The van der Waals surface area contributed by atoms with Gasteiger partial charge in [0.15, 0.2) is 0 Å². The van der Waals surface area contributed by atoms with E-state index in [-0.39, 0.29) is 5.91 Å². The molecule has 1 aromatic rings. The highest BCUT2D eigenvalue weighted by Gasteiger charge is 2.18. The number of anilines is 1. The highest BCUT2D eigenvalue weighted by atomic mass is 35.5. The maximum atomic E-state index is 12.0. The number of hydrogen-bond acceptors (Lipinski definition) is 2. The quantitative estimate of drug-likeness (QED) is 0.821. The van der Waals surface area contributed by atoms with Crippen LogP contribution in [0.5, 0.6) is 0 Å². The molecule has 0 aromatic heterocycles. The monoisotopic (exact) mass is 304 g/mol. The number of benzene rings is 1. The fourth-order valence-electron chi connectivity index (χ4n) is 1.54. The van der Waals surface area contributed by atoms with Crippen LogP contribution in [0.1, 0.15) is 6.92 Å². The fourth-order valence-corrected chi connectivity index (χ4v) is 2.46. The van der Waals surface area contributed by atoms with Crippen LogP contribution in [0.2, 0.25) is 15.1 Å². The molecule has 0 radical (unpaired) electrons. The van der Waals surface area contributed by atoms with E-state index >= 15 is 0 Å². The average Bonchev–Trinajstić information content (AvgIpc) is 2.20. The molecule has 1 aromatic carbocycles. The van der Waals surface area contributed by atoms with Gasteiger partial charge in [0.1, 0.15) is 0 Å². The SMILES string of the molecule is CC(C(=O)Nc1c(Cl)cc(Cl)cc1Cl)=C1CNC1. The first-order chi connectivity index (χ1) is 8.49. The maximum absolute atomic E-state index is 12.0. The molecule has 1 saturated heterocycles. The second kappa shape index (κ2) is 5.49. The van der Waals surface area contributed by atoms with Crippen LogP contribution >= 0.6 is 34.8 Å². The van der Waals surface area contributed by atoms with E-state index in [9.17, 15) is 4.79 Å². The first-order valence-electron chi connectivity index (χ1n) is 5.34. The van der Waals surface area contributed by atoms with Crippen LogP contribution in [0.15, 0.2) is 23.3 Å². The summed E-state index contributed by atoms with van der Waals surface area (Å²) in [6.45, 7) is 3.28. The molecule has 1 aliphatic heterocycles. The highest BCUT2D eigenvalue weighted by Crippen LogP contribution is 2.34. The summed E-state index contributed by atoms with van der Waals surface area (Å²) in [5.74, 6) is -0.197. The standard InChI is InChI=1S/C12H11Cl3N2O/c1-6(7-4-16-5-7)12(18)17-11-9(14)2-8(13)3-10(11)15/h2-3,16H,4-5H2,1H3,(H,17,18). The average molecular weight is 306 g/mol. The van der Waals surface area contributed by atoms with Crippen LogP contribution in [0.3, 0.4) is 0 Å². The number of carbonyl (C=O) groups excluding carboxylic acids is 1. The first kappa shape index (κ1) is 13.7. The lowest BCUT2D eigenvalue weighted by Crippen LogP contribution is -2.36. The topological polar surface area (TPSA) is 41.1 Å². The molecule has 0 atom stereocenters. The van der Waals surface area contributed by atoms with E-state index in [2.05, 4.69) is 10.6 Å². The molecule has 0 unspecified atom stereocenters. The van der Waals surface area contributed by atoms with Crippen LogP contribution in [0, 0.1) is 0 Å². The molecule has 96 valence electrons. The van der Waals surface area contributed by atoms with Gasteiger partial charge < -0.3 is 10.6 Å². The Morgan fingerprint density at radius 1 is 1.22 bits per heavy atom. The molecule has 18 heavy (non-hydrogen) atoms. The van der Waals surface area contributed by atoms with E-state index in [1.165, 1.54) is 12.1 Å². The third kappa shape index (κ3) is 2.81. The largest absolute Gasteiger partial charge is 0.320 e. The summed E-state index contributed by atoms with van der Waals surface area (Å²) < 4.78 is 0. The van der Waals surface area contributed by atoms with E-state index in [0.717, 1.165) is 18.7 Å². The van der Waals surface area contributed by atoms with Crippen molar-refractivity contribution >= 4 is 46.4 Å². The number of amides is 1. The van der Waals surface area contributed by atoms with Crippen molar-refractivity contribution in [2.45, 2.75) is 6.92 Å².